The van der Waals surface area contributed by atoms with Crippen molar-refractivity contribution in [3.05, 3.63) is 100 Å². The summed E-state index contributed by atoms with van der Waals surface area (Å²) in [6.45, 7) is 4.95. The lowest BCUT2D eigenvalue weighted by molar-refractivity contribution is 0.0505. The molecule has 2 amide bonds. The Morgan fingerprint density at radius 1 is 1.17 bits per heavy atom. The van der Waals surface area contributed by atoms with E-state index in [1.54, 1.807) is 17.4 Å². The standard InChI is InChI=1S/C28H29N3O3S/c1-2-15-34-28(33)31-14-6-11-22-25(19-8-4-3-5-9-19)30-24-13-12-20(17-23(24)26(22)31)27(32)29-18-21-10-7-16-35-21/h2-5,7-10,12-13,16-17,22,25-26,30H,1,6,11,14-15,18H2,(H,29,32)/t22-,25?,26-/m0/s1. The van der Waals surface area contributed by atoms with E-state index < -0.39 is 0 Å². The van der Waals surface area contributed by atoms with Crippen LogP contribution in [0.2, 0.25) is 0 Å². The third-order valence-corrected chi connectivity index (χ3v) is 7.65. The lowest BCUT2D eigenvalue weighted by Crippen LogP contribution is -2.48. The molecule has 1 fully saturated rings. The summed E-state index contributed by atoms with van der Waals surface area (Å²) in [5, 5.41) is 8.72. The molecule has 1 aromatic heterocycles. The van der Waals surface area contributed by atoms with Crippen LogP contribution in [0.3, 0.4) is 0 Å². The highest BCUT2D eigenvalue weighted by molar-refractivity contribution is 7.09. The Kier molecular flexibility index (Phi) is 6.86. The van der Waals surface area contributed by atoms with E-state index in [9.17, 15) is 9.59 Å². The molecule has 0 spiro atoms. The minimum absolute atomic E-state index is 0.0576. The molecule has 3 heterocycles. The van der Waals surface area contributed by atoms with E-state index in [2.05, 4.69) is 29.3 Å². The van der Waals surface area contributed by atoms with Gasteiger partial charge in [-0.25, -0.2) is 4.79 Å². The fourth-order valence-electron chi connectivity index (χ4n) is 5.22. The van der Waals surface area contributed by atoms with Crippen LogP contribution in [-0.2, 0) is 11.3 Å². The summed E-state index contributed by atoms with van der Waals surface area (Å²) in [7, 11) is 0. The fraction of sp³-hybridized carbons (Fsp3) is 0.286. The molecule has 0 radical (unpaired) electrons. The number of carbonyl (C=O) groups is 2. The maximum Gasteiger partial charge on any atom is 0.410 e. The largest absolute Gasteiger partial charge is 0.445 e. The van der Waals surface area contributed by atoms with E-state index in [-0.39, 0.29) is 36.6 Å². The van der Waals surface area contributed by atoms with Gasteiger partial charge >= 0.3 is 6.09 Å². The summed E-state index contributed by atoms with van der Waals surface area (Å²) in [5.41, 5.74) is 3.68. The Labute approximate surface area is 209 Å². The molecule has 3 atom stereocenters. The number of piperidine rings is 1. The molecule has 180 valence electrons. The zero-order chi connectivity index (χ0) is 24.2. The van der Waals surface area contributed by atoms with Crippen molar-refractivity contribution < 1.29 is 14.3 Å². The number of carbonyl (C=O) groups excluding carboxylic acids is 2. The Morgan fingerprint density at radius 3 is 2.80 bits per heavy atom. The lowest BCUT2D eigenvalue weighted by atomic mass is 9.74. The van der Waals surface area contributed by atoms with E-state index in [4.69, 9.17) is 4.74 Å². The quantitative estimate of drug-likeness (QED) is 0.424. The molecule has 0 aliphatic carbocycles. The number of likely N-dealkylation sites (tertiary alicyclic amines) is 1. The number of nitrogens with zero attached hydrogens (tertiary/aromatic N) is 1. The molecule has 0 bridgehead atoms. The number of amides is 2. The van der Waals surface area contributed by atoms with Crippen LogP contribution in [0.4, 0.5) is 10.5 Å². The average Bonchev–Trinajstić information content (AvgIpc) is 3.43. The first-order valence-corrected chi connectivity index (χ1v) is 12.8. The molecular formula is C28H29N3O3S. The first kappa shape index (κ1) is 23.2. The molecule has 2 N–H and O–H groups in total. The summed E-state index contributed by atoms with van der Waals surface area (Å²) >= 11 is 1.62. The van der Waals surface area contributed by atoms with E-state index in [1.165, 1.54) is 5.56 Å². The van der Waals surface area contributed by atoms with Crippen molar-refractivity contribution in [2.24, 2.45) is 5.92 Å². The molecule has 2 aromatic carbocycles. The van der Waals surface area contributed by atoms with Crippen LogP contribution in [0.5, 0.6) is 0 Å². The minimum Gasteiger partial charge on any atom is -0.445 e. The minimum atomic E-state index is -0.341. The Hall–Kier alpha value is -3.58. The first-order valence-electron chi connectivity index (χ1n) is 12.0. The van der Waals surface area contributed by atoms with Crippen LogP contribution in [-0.4, -0.2) is 30.1 Å². The van der Waals surface area contributed by atoms with E-state index in [0.717, 1.165) is 29.0 Å². The summed E-state index contributed by atoms with van der Waals surface area (Å²) in [6.07, 6.45) is 3.10. The second kappa shape index (κ2) is 10.4. The second-order valence-electron chi connectivity index (χ2n) is 8.91. The lowest BCUT2D eigenvalue weighted by Gasteiger charge is -2.48. The highest BCUT2D eigenvalue weighted by Crippen LogP contribution is 2.50. The number of hydrogen-bond acceptors (Lipinski definition) is 5. The summed E-state index contributed by atoms with van der Waals surface area (Å²) in [4.78, 5) is 29.0. The van der Waals surface area contributed by atoms with Crippen molar-refractivity contribution in [2.75, 3.05) is 18.5 Å². The van der Waals surface area contributed by atoms with Crippen molar-refractivity contribution in [1.82, 2.24) is 10.2 Å². The molecule has 1 unspecified atom stereocenters. The monoisotopic (exact) mass is 487 g/mol. The number of anilines is 1. The molecule has 35 heavy (non-hydrogen) atoms. The maximum absolute atomic E-state index is 13.1. The molecule has 0 saturated carbocycles. The molecule has 1 saturated heterocycles. The Balaban J connectivity index is 1.49. The van der Waals surface area contributed by atoms with Crippen LogP contribution >= 0.6 is 11.3 Å². The smallest absolute Gasteiger partial charge is 0.410 e. The molecule has 2 aliphatic rings. The molecule has 6 nitrogen and oxygen atoms in total. The molecular weight excluding hydrogens is 458 g/mol. The van der Waals surface area contributed by atoms with Gasteiger partial charge in [-0.15, -0.1) is 11.3 Å². The topological polar surface area (TPSA) is 70.7 Å². The third kappa shape index (κ3) is 4.82. The van der Waals surface area contributed by atoms with Gasteiger partial charge in [-0.1, -0.05) is 49.1 Å². The van der Waals surface area contributed by atoms with Crippen molar-refractivity contribution >= 4 is 29.0 Å². The average molecular weight is 488 g/mol. The third-order valence-electron chi connectivity index (χ3n) is 6.77. The number of rotatable bonds is 6. The Bertz CT molecular complexity index is 1200. The molecule has 3 aromatic rings. The van der Waals surface area contributed by atoms with Crippen molar-refractivity contribution in [1.29, 1.82) is 0 Å². The SMILES string of the molecule is C=CCOC(=O)N1CCC[C@H]2C(c3ccccc3)Nc3ccc(C(=O)NCc4cccs4)cc3[C@H]21. The predicted octanol–water partition coefficient (Wildman–Crippen LogP) is 5.92. The number of nitrogens with one attached hydrogen (secondary N) is 2. The van der Waals surface area contributed by atoms with Crippen LogP contribution in [0.15, 0.2) is 78.7 Å². The van der Waals surface area contributed by atoms with Gasteiger partial charge in [0.25, 0.3) is 5.91 Å². The van der Waals surface area contributed by atoms with Crippen LogP contribution < -0.4 is 10.6 Å². The van der Waals surface area contributed by atoms with Gasteiger partial charge in [0.15, 0.2) is 0 Å². The van der Waals surface area contributed by atoms with Gasteiger partial charge in [-0.3, -0.25) is 4.79 Å². The van der Waals surface area contributed by atoms with Gasteiger partial charge in [0, 0.05) is 28.6 Å². The van der Waals surface area contributed by atoms with Crippen LogP contribution in [0, 0.1) is 5.92 Å². The van der Waals surface area contributed by atoms with E-state index >= 15 is 0 Å². The fourth-order valence-corrected chi connectivity index (χ4v) is 5.86. The van der Waals surface area contributed by atoms with E-state index in [1.807, 2.05) is 58.8 Å². The predicted molar refractivity (Wildman–Crippen MR) is 138 cm³/mol. The van der Waals surface area contributed by atoms with Gasteiger partial charge < -0.3 is 20.3 Å². The highest BCUT2D eigenvalue weighted by Gasteiger charge is 2.44. The van der Waals surface area contributed by atoms with Crippen molar-refractivity contribution in [3.63, 3.8) is 0 Å². The molecule has 7 heteroatoms. The number of fused-ring (bicyclic) bond motifs is 3. The van der Waals surface area contributed by atoms with Gasteiger partial charge in [0.05, 0.1) is 18.6 Å². The maximum atomic E-state index is 13.1. The second-order valence-corrected chi connectivity index (χ2v) is 9.94. The molecule has 2 aliphatic heterocycles. The number of hydrogen-bond donors (Lipinski definition) is 2. The summed E-state index contributed by atoms with van der Waals surface area (Å²) in [5.74, 6) is 0.0267. The van der Waals surface area contributed by atoms with Gasteiger partial charge in [-0.05, 0) is 53.6 Å². The van der Waals surface area contributed by atoms with E-state index in [0.29, 0.717) is 18.7 Å². The van der Waals surface area contributed by atoms with Crippen molar-refractivity contribution in [3.8, 4) is 0 Å². The van der Waals surface area contributed by atoms with Gasteiger partial charge in [0.1, 0.15) is 6.61 Å². The van der Waals surface area contributed by atoms with Gasteiger partial charge in [0.2, 0.25) is 0 Å². The summed E-state index contributed by atoms with van der Waals surface area (Å²) in [6, 6.07) is 19.9. The number of benzene rings is 2. The zero-order valence-electron chi connectivity index (χ0n) is 19.5. The first-order chi connectivity index (χ1) is 17.2. The number of thiophene rings is 1. The van der Waals surface area contributed by atoms with Crippen molar-refractivity contribution in [2.45, 2.75) is 31.5 Å². The van der Waals surface area contributed by atoms with Crippen LogP contribution in [0.1, 0.15) is 51.3 Å². The zero-order valence-corrected chi connectivity index (χ0v) is 20.3. The highest BCUT2D eigenvalue weighted by atomic mass is 32.1. The summed E-state index contributed by atoms with van der Waals surface area (Å²) < 4.78 is 5.46. The van der Waals surface area contributed by atoms with Crippen LogP contribution in [0.25, 0.3) is 0 Å². The number of ether oxygens (including phenoxy) is 1. The van der Waals surface area contributed by atoms with Gasteiger partial charge in [-0.2, -0.15) is 0 Å². The normalized spacial score (nSPS) is 20.7. The Morgan fingerprint density at radius 2 is 2.03 bits per heavy atom. The molecule has 5 rings (SSSR count).